The minimum Gasteiger partial charge on any atom is -0.504 e. The third-order valence-corrected chi connectivity index (χ3v) is 2.00. The maximum Gasteiger partial charge on any atom is 0.374 e. The lowest BCUT2D eigenvalue weighted by atomic mass is 10.2. The Morgan fingerprint density at radius 3 is 3.00 bits per heavy atom. The van der Waals surface area contributed by atoms with E-state index >= 15 is 0 Å². The van der Waals surface area contributed by atoms with E-state index in [0.29, 0.717) is 17.6 Å². The summed E-state index contributed by atoms with van der Waals surface area (Å²) in [7, 11) is 0. The summed E-state index contributed by atoms with van der Waals surface area (Å²) in [6.45, 7) is 2.01. The van der Waals surface area contributed by atoms with Crippen molar-refractivity contribution >= 4 is 16.9 Å². The highest BCUT2D eigenvalue weighted by atomic mass is 16.5. The Balaban J connectivity index is 2.47. The van der Waals surface area contributed by atoms with E-state index in [2.05, 4.69) is 0 Å². The summed E-state index contributed by atoms with van der Waals surface area (Å²) in [4.78, 5) is 11.3. The molecule has 0 amide bonds. The number of hydrogen-bond donors (Lipinski definition) is 1. The predicted octanol–water partition coefficient (Wildman–Crippen LogP) is 2.32. The van der Waals surface area contributed by atoms with Gasteiger partial charge in [-0.3, -0.25) is 0 Å². The van der Waals surface area contributed by atoms with Crippen molar-refractivity contribution in [3.8, 4) is 5.75 Å². The number of benzene rings is 1. The van der Waals surface area contributed by atoms with Gasteiger partial charge in [0, 0.05) is 5.39 Å². The summed E-state index contributed by atoms with van der Waals surface area (Å²) < 4.78 is 9.97. The van der Waals surface area contributed by atoms with Gasteiger partial charge in [-0.15, -0.1) is 0 Å². The van der Waals surface area contributed by atoms with Crippen LogP contribution in [0.5, 0.6) is 5.75 Å². The normalized spacial score (nSPS) is 10.5. The van der Waals surface area contributed by atoms with E-state index < -0.39 is 5.97 Å². The first kappa shape index (κ1) is 9.58. The molecular formula is C11H10O4. The van der Waals surface area contributed by atoms with Crippen LogP contribution in [0.2, 0.25) is 0 Å². The number of hydrogen-bond acceptors (Lipinski definition) is 4. The topological polar surface area (TPSA) is 59.7 Å². The first-order valence-electron chi connectivity index (χ1n) is 4.61. The zero-order valence-corrected chi connectivity index (χ0v) is 8.19. The van der Waals surface area contributed by atoms with E-state index in [0.717, 1.165) is 0 Å². The molecule has 0 bridgehead atoms. The van der Waals surface area contributed by atoms with E-state index in [1.807, 2.05) is 0 Å². The van der Waals surface area contributed by atoms with Gasteiger partial charge in [-0.25, -0.2) is 4.79 Å². The summed E-state index contributed by atoms with van der Waals surface area (Å²) in [6.07, 6.45) is 0. The molecule has 4 heteroatoms. The highest BCUT2D eigenvalue weighted by Crippen LogP contribution is 2.27. The maximum atomic E-state index is 11.3. The average Bonchev–Trinajstić information content (AvgIpc) is 2.63. The quantitative estimate of drug-likeness (QED) is 0.766. The molecule has 4 nitrogen and oxygen atoms in total. The van der Waals surface area contributed by atoms with Crippen LogP contribution in [0.25, 0.3) is 11.0 Å². The molecular weight excluding hydrogens is 196 g/mol. The van der Waals surface area contributed by atoms with Gasteiger partial charge in [-0.2, -0.15) is 0 Å². The molecule has 0 aliphatic heterocycles. The SMILES string of the molecule is CCOC(=O)c1cc2cccc(O)c2o1. The van der Waals surface area contributed by atoms with E-state index in [1.54, 1.807) is 25.1 Å². The van der Waals surface area contributed by atoms with Crippen molar-refractivity contribution in [1.82, 2.24) is 0 Å². The van der Waals surface area contributed by atoms with Crippen LogP contribution in [0.4, 0.5) is 0 Å². The molecule has 1 aromatic heterocycles. The molecule has 0 unspecified atom stereocenters. The van der Waals surface area contributed by atoms with Gasteiger partial charge in [0.2, 0.25) is 5.76 Å². The second-order valence-electron chi connectivity index (χ2n) is 3.03. The van der Waals surface area contributed by atoms with Gasteiger partial charge in [-0.05, 0) is 19.1 Å². The standard InChI is InChI=1S/C11H10O4/c1-2-14-11(13)9-6-7-4-3-5-8(12)10(7)15-9/h3-6,12H,2H2,1H3. The fourth-order valence-corrected chi connectivity index (χ4v) is 1.35. The maximum absolute atomic E-state index is 11.3. The van der Waals surface area contributed by atoms with Gasteiger partial charge in [0.15, 0.2) is 11.3 Å². The van der Waals surface area contributed by atoms with Crippen LogP contribution < -0.4 is 0 Å². The lowest BCUT2D eigenvalue weighted by molar-refractivity contribution is 0.0492. The Kier molecular flexibility index (Phi) is 2.33. The molecule has 0 fully saturated rings. The number of esters is 1. The van der Waals surface area contributed by atoms with E-state index in [9.17, 15) is 9.90 Å². The number of phenolic OH excluding ortho intramolecular Hbond substituents is 1. The zero-order chi connectivity index (χ0) is 10.8. The van der Waals surface area contributed by atoms with Crippen molar-refractivity contribution in [3.05, 3.63) is 30.0 Å². The highest BCUT2D eigenvalue weighted by molar-refractivity contribution is 5.94. The average molecular weight is 206 g/mol. The number of rotatable bonds is 2. The Morgan fingerprint density at radius 1 is 1.53 bits per heavy atom. The molecule has 0 saturated heterocycles. The number of fused-ring (bicyclic) bond motifs is 1. The number of aromatic hydroxyl groups is 1. The van der Waals surface area contributed by atoms with E-state index in [4.69, 9.17) is 9.15 Å². The number of carbonyl (C=O) groups is 1. The molecule has 0 radical (unpaired) electrons. The molecule has 2 rings (SSSR count). The van der Waals surface area contributed by atoms with Crippen molar-refractivity contribution in [3.63, 3.8) is 0 Å². The summed E-state index contributed by atoms with van der Waals surface area (Å²) in [6, 6.07) is 6.48. The first-order valence-corrected chi connectivity index (χ1v) is 4.61. The van der Waals surface area contributed by atoms with Crippen LogP contribution in [0, 0.1) is 0 Å². The molecule has 1 N–H and O–H groups in total. The lowest BCUT2D eigenvalue weighted by Crippen LogP contribution is -2.02. The first-order chi connectivity index (χ1) is 7.22. The fraction of sp³-hybridized carbons (Fsp3) is 0.182. The van der Waals surface area contributed by atoms with Gasteiger partial charge >= 0.3 is 5.97 Å². The number of para-hydroxylation sites is 1. The largest absolute Gasteiger partial charge is 0.504 e. The van der Waals surface area contributed by atoms with Crippen molar-refractivity contribution in [2.45, 2.75) is 6.92 Å². The Hall–Kier alpha value is -1.97. The molecule has 1 aromatic carbocycles. The number of carbonyl (C=O) groups excluding carboxylic acids is 1. The van der Waals surface area contributed by atoms with E-state index in [1.165, 1.54) is 6.07 Å². The summed E-state index contributed by atoms with van der Waals surface area (Å²) in [5.41, 5.74) is 0.306. The molecule has 0 aliphatic rings. The lowest BCUT2D eigenvalue weighted by Gasteiger charge is -1.95. The second-order valence-corrected chi connectivity index (χ2v) is 3.03. The van der Waals surface area contributed by atoms with Crippen molar-refractivity contribution in [2.24, 2.45) is 0 Å². The smallest absolute Gasteiger partial charge is 0.374 e. The third-order valence-electron chi connectivity index (χ3n) is 2.00. The summed E-state index contributed by atoms with van der Waals surface area (Å²) in [5, 5.41) is 10.1. The van der Waals surface area contributed by atoms with Gasteiger partial charge in [0.1, 0.15) is 0 Å². The monoisotopic (exact) mass is 206 g/mol. The van der Waals surface area contributed by atoms with Crippen LogP contribution in [0.1, 0.15) is 17.5 Å². The van der Waals surface area contributed by atoms with Gasteiger partial charge in [-0.1, -0.05) is 12.1 Å². The minimum atomic E-state index is -0.520. The number of ether oxygens (including phenoxy) is 1. The second kappa shape index (κ2) is 3.65. The fourth-order valence-electron chi connectivity index (χ4n) is 1.35. The Morgan fingerprint density at radius 2 is 2.33 bits per heavy atom. The molecule has 0 aliphatic carbocycles. The van der Waals surface area contributed by atoms with Gasteiger partial charge < -0.3 is 14.3 Å². The minimum absolute atomic E-state index is 0.0167. The predicted molar refractivity (Wildman–Crippen MR) is 53.8 cm³/mol. The van der Waals surface area contributed by atoms with Crippen molar-refractivity contribution < 1.29 is 19.1 Å². The van der Waals surface area contributed by atoms with Crippen molar-refractivity contribution in [2.75, 3.05) is 6.61 Å². The summed E-state index contributed by atoms with van der Waals surface area (Å²) >= 11 is 0. The Labute approximate surface area is 86.1 Å². The van der Waals surface area contributed by atoms with Crippen LogP contribution in [-0.2, 0) is 4.74 Å². The number of furan rings is 1. The van der Waals surface area contributed by atoms with Crippen molar-refractivity contribution in [1.29, 1.82) is 0 Å². The van der Waals surface area contributed by atoms with Crippen LogP contribution in [0.3, 0.4) is 0 Å². The molecule has 1 heterocycles. The van der Waals surface area contributed by atoms with Crippen LogP contribution >= 0.6 is 0 Å². The molecule has 15 heavy (non-hydrogen) atoms. The molecule has 2 aromatic rings. The molecule has 0 saturated carbocycles. The van der Waals surface area contributed by atoms with E-state index in [-0.39, 0.29) is 11.5 Å². The molecule has 0 atom stereocenters. The zero-order valence-electron chi connectivity index (χ0n) is 8.19. The van der Waals surface area contributed by atoms with Crippen LogP contribution in [-0.4, -0.2) is 17.7 Å². The van der Waals surface area contributed by atoms with Gasteiger partial charge in [0.25, 0.3) is 0 Å². The molecule has 0 spiro atoms. The summed E-state index contributed by atoms with van der Waals surface area (Å²) in [5.74, 6) is -0.399. The Bertz CT molecular complexity index is 498. The van der Waals surface area contributed by atoms with Gasteiger partial charge in [0.05, 0.1) is 6.61 Å². The number of phenols is 1. The third kappa shape index (κ3) is 1.66. The van der Waals surface area contributed by atoms with Crippen LogP contribution in [0.15, 0.2) is 28.7 Å². The highest BCUT2D eigenvalue weighted by Gasteiger charge is 2.14. The molecule has 78 valence electrons.